The van der Waals surface area contributed by atoms with Crippen LogP contribution in [0.1, 0.15) is 20.3 Å². The zero-order valence-corrected chi connectivity index (χ0v) is 11.6. The van der Waals surface area contributed by atoms with Crippen molar-refractivity contribution < 1.29 is 9.47 Å². The lowest BCUT2D eigenvalue weighted by Crippen LogP contribution is -2.25. The first kappa shape index (κ1) is 13.6. The van der Waals surface area contributed by atoms with Crippen LogP contribution in [-0.2, 0) is 4.74 Å². The molecule has 0 radical (unpaired) electrons. The first-order chi connectivity index (χ1) is 9.03. The van der Waals surface area contributed by atoms with E-state index in [2.05, 4.69) is 4.98 Å². The van der Waals surface area contributed by atoms with Gasteiger partial charge in [-0.2, -0.15) is 0 Å². The summed E-state index contributed by atoms with van der Waals surface area (Å²) in [5.74, 6) is 0.809. The average molecular weight is 260 g/mol. The largest absolute Gasteiger partial charge is 0.493 e. The van der Waals surface area contributed by atoms with Crippen LogP contribution in [0.3, 0.4) is 0 Å². The number of aromatic nitrogens is 1. The summed E-state index contributed by atoms with van der Waals surface area (Å²) in [6, 6.07) is 7.58. The Morgan fingerprint density at radius 3 is 2.79 bits per heavy atom. The van der Waals surface area contributed by atoms with Gasteiger partial charge in [-0.3, -0.25) is 4.98 Å². The van der Waals surface area contributed by atoms with E-state index in [9.17, 15) is 0 Å². The molecule has 0 saturated carbocycles. The van der Waals surface area contributed by atoms with Crippen molar-refractivity contribution in [1.29, 1.82) is 0 Å². The summed E-state index contributed by atoms with van der Waals surface area (Å²) < 4.78 is 11.2. The van der Waals surface area contributed by atoms with Gasteiger partial charge in [0.1, 0.15) is 5.75 Å². The number of nitrogen functional groups attached to an aromatic ring is 1. The van der Waals surface area contributed by atoms with Gasteiger partial charge in [-0.05, 0) is 32.0 Å². The second-order valence-electron chi connectivity index (χ2n) is 5.11. The number of fused-ring (bicyclic) bond motifs is 1. The average Bonchev–Trinajstić information content (AvgIpc) is 2.40. The van der Waals surface area contributed by atoms with Gasteiger partial charge in [0, 0.05) is 25.1 Å². The lowest BCUT2D eigenvalue weighted by molar-refractivity contribution is 0.00558. The summed E-state index contributed by atoms with van der Waals surface area (Å²) in [6.07, 6.45) is 2.53. The van der Waals surface area contributed by atoms with Crippen molar-refractivity contribution in [2.45, 2.75) is 25.9 Å². The number of pyridine rings is 1. The number of ether oxygens (including phenoxy) is 2. The van der Waals surface area contributed by atoms with Crippen molar-refractivity contribution in [3.8, 4) is 5.75 Å². The van der Waals surface area contributed by atoms with Crippen molar-refractivity contribution in [3.05, 3.63) is 30.5 Å². The number of benzene rings is 1. The molecule has 0 fully saturated rings. The Kier molecular flexibility index (Phi) is 3.90. The third-order valence-corrected chi connectivity index (χ3v) is 3.28. The predicted molar refractivity (Wildman–Crippen MR) is 77.4 cm³/mol. The Morgan fingerprint density at radius 2 is 2.05 bits per heavy atom. The fourth-order valence-corrected chi connectivity index (χ4v) is 1.81. The van der Waals surface area contributed by atoms with Gasteiger partial charge in [-0.1, -0.05) is 6.07 Å². The van der Waals surface area contributed by atoms with Crippen LogP contribution in [0.5, 0.6) is 5.75 Å². The Balaban J connectivity index is 2.15. The highest BCUT2D eigenvalue weighted by Gasteiger charge is 2.16. The SMILES string of the molecule is COC(C)(C)CCOc1ccnc2c(N)cccc12. The van der Waals surface area contributed by atoms with Gasteiger partial charge in [0.05, 0.1) is 23.4 Å². The van der Waals surface area contributed by atoms with Gasteiger partial charge >= 0.3 is 0 Å². The van der Waals surface area contributed by atoms with Crippen LogP contribution in [0.2, 0.25) is 0 Å². The molecule has 0 saturated heterocycles. The van der Waals surface area contributed by atoms with Gasteiger partial charge in [-0.25, -0.2) is 0 Å². The lowest BCUT2D eigenvalue weighted by Gasteiger charge is -2.22. The van der Waals surface area contributed by atoms with Gasteiger partial charge in [0.25, 0.3) is 0 Å². The third kappa shape index (κ3) is 3.15. The summed E-state index contributed by atoms with van der Waals surface area (Å²) in [4.78, 5) is 4.28. The standard InChI is InChI=1S/C15H20N2O2/c1-15(2,18-3)8-10-19-13-7-9-17-14-11(13)5-4-6-12(14)16/h4-7,9H,8,10,16H2,1-3H3. The predicted octanol–water partition coefficient (Wildman–Crippen LogP) is 3.01. The molecule has 0 unspecified atom stereocenters. The summed E-state index contributed by atoms with van der Waals surface area (Å²) in [5, 5.41) is 0.942. The maximum absolute atomic E-state index is 5.91. The minimum atomic E-state index is -0.179. The smallest absolute Gasteiger partial charge is 0.130 e. The number of nitrogens with zero attached hydrogens (tertiary/aromatic N) is 1. The van der Waals surface area contributed by atoms with Gasteiger partial charge in [-0.15, -0.1) is 0 Å². The molecule has 0 bridgehead atoms. The molecule has 102 valence electrons. The van der Waals surface area contributed by atoms with E-state index in [0.717, 1.165) is 23.1 Å². The Hall–Kier alpha value is -1.81. The highest BCUT2D eigenvalue weighted by Crippen LogP contribution is 2.27. The molecule has 4 heteroatoms. The number of nitrogens with two attached hydrogens (primary N) is 1. The Bertz CT molecular complexity index is 567. The molecule has 0 aliphatic rings. The monoisotopic (exact) mass is 260 g/mol. The van der Waals surface area contributed by atoms with E-state index >= 15 is 0 Å². The molecule has 0 amide bonds. The van der Waals surface area contributed by atoms with E-state index in [0.29, 0.717) is 12.3 Å². The molecule has 2 N–H and O–H groups in total. The van der Waals surface area contributed by atoms with Crippen molar-refractivity contribution in [2.75, 3.05) is 19.5 Å². The Morgan fingerprint density at radius 1 is 1.26 bits per heavy atom. The zero-order valence-electron chi connectivity index (χ0n) is 11.6. The second kappa shape index (κ2) is 5.45. The van der Waals surface area contributed by atoms with Crippen molar-refractivity contribution in [3.63, 3.8) is 0 Å². The topological polar surface area (TPSA) is 57.4 Å². The normalized spacial score (nSPS) is 11.7. The minimum absolute atomic E-state index is 0.179. The minimum Gasteiger partial charge on any atom is -0.493 e. The zero-order chi connectivity index (χ0) is 13.9. The molecular weight excluding hydrogens is 240 g/mol. The fraction of sp³-hybridized carbons (Fsp3) is 0.400. The van der Waals surface area contributed by atoms with E-state index in [-0.39, 0.29) is 5.60 Å². The molecule has 0 spiro atoms. The van der Waals surface area contributed by atoms with Crippen LogP contribution in [0.25, 0.3) is 10.9 Å². The maximum Gasteiger partial charge on any atom is 0.130 e. The van der Waals surface area contributed by atoms with E-state index in [4.69, 9.17) is 15.2 Å². The number of hydrogen-bond acceptors (Lipinski definition) is 4. The number of hydrogen-bond donors (Lipinski definition) is 1. The quantitative estimate of drug-likeness (QED) is 0.840. The number of rotatable bonds is 5. The molecule has 1 aromatic carbocycles. The molecule has 2 aromatic rings. The Labute approximate surface area is 113 Å². The number of methoxy groups -OCH3 is 1. The van der Waals surface area contributed by atoms with Crippen LogP contribution in [0.4, 0.5) is 5.69 Å². The molecule has 1 aromatic heterocycles. The first-order valence-corrected chi connectivity index (χ1v) is 6.35. The van der Waals surface area contributed by atoms with Crippen molar-refractivity contribution in [1.82, 2.24) is 4.98 Å². The molecule has 0 aliphatic heterocycles. The number of para-hydroxylation sites is 1. The molecule has 0 atom stereocenters. The van der Waals surface area contributed by atoms with E-state index < -0.39 is 0 Å². The third-order valence-electron chi connectivity index (χ3n) is 3.28. The van der Waals surface area contributed by atoms with Crippen molar-refractivity contribution in [2.24, 2.45) is 0 Å². The molecule has 1 heterocycles. The highest BCUT2D eigenvalue weighted by molar-refractivity contribution is 5.93. The van der Waals surface area contributed by atoms with E-state index in [1.54, 1.807) is 13.3 Å². The molecule has 0 aliphatic carbocycles. The fourth-order valence-electron chi connectivity index (χ4n) is 1.81. The van der Waals surface area contributed by atoms with Crippen LogP contribution < -0.4 is 10.5 Å². The van der Waals surface area contributed by atoms with E-state index in [1.165, 1.54) is 0 Å². The highest BCUT2D eigenvalue weighted by atomic mass is 16.5. The maximum atomic E-state index is 5.91. The van der Waals surface area contributed by atoms with Crippen LogP contribution in [0, 0.1) is 0 Å². The van der Waals surface area contributed by atoms with Crippen molar-refractivity contribution >= 4 is 16.6 Å². The molecule has 4 nitrogen and oxygen atoms in total. The number of anilines is 1. The summed E-state index contributed by atoms with van der Waals surface area (Å²) in [7, 11) is 1.71. The summed E-state index contributed by atoms with van der Waals surface area (Å²) in [6.45, 7) is 4.67. The van der Waals surface area contributed by atoms with Gasteiger partial charge < -0.3 is 15.2 Å². The first-order valence-electron chi connectivity index (χ1n) is 6.35. The van der Waals surface area contributed by atoms with E-state index in [1.807, 2.05) is 38.1 Å². The lowest BCUT2D eigenvalue weighted by atomic mass is 10.1. The molecular formula is C15H20N2O2. The van der Waals surface area contributed by atoms with Gasteiger partial charge in [0.2, 0.25) is 0 Å². The molecule has 2 rings (SSSR count). The molecule has 19 heavy (non-hydrogen) atoms. The summed E-state index contributed by atoms with van der Waals surface area (Å²) >= 11 is 0. The summed E-state index contributed by atoms with van der Waals surface area (Å²) in [5.41, 5.74) is 7.18. The van der Waals surface area contributed by atoms with Crippen LogP contribution in [-0.4, -0.2) is 24.3 Å². The van der Waals surface area contributed by atoms with Crippen LogP contribution in [0.15, 0.2) is 30.5 Å². The second-order valence-corrected chi connectivity index (χ2v) is 5.11. The van der Waals surface area contributed by atoms with Gasteiger partial charge in [0.15, 0.2) is 0 Å². The van der Waals surface area contributed by atoms with Crippen LogP contribution >= 0.6 is 0 Å².